The summed E-state index contributed by atoms with van der Waals surface area (Å²) in [5.74, 6) is 0.848. The predicted octanol–water partition coefficient (Wildman–Crippen LogP) is 1.83. The van der Waals surface area contributed by atoms with Crippen molar-refractivity contribution >= 4 is 23.3 Å². The van der Waals surface area contributed by atoms with E-state index in [2.05, 4.69) is 23.5 Å². The molecule has 1 unspecified atom stereocenters. The van der Waals surface area contributed by atoms with Gasteiger partial charge in [-0.3, -0.25) is 0 Å². The molecule has 13 heavy (non-hydrogen) atoms. The number of anilines is 2. The quantitative estimate of drug-likeness (QED) is 0.773. The average molecular weight is 197 g/mol. The van der Waals surface area contributed by atoms with Crippen LogP contribution < -0.4 is 11.1 Å². The van der Waals surface area contributed by atoms with Crippen LogP contribution in [0.25, 0.3) is 0 Å². The summed E-state index contributed by atoms with van der Waals surface area (Å²) in [7, 11) is 0. The Morgan fingerprint density at radius 3 is 3.08 bits per heavy atom. The van der Waals surface area contributed by atoms with Gasteiger partial charge in [-0.05, 0) is 12.3 Å². The second kappa shape index (κ2) is 4.97. The number of aromatic nitrogens is 1. The molecule has 0 fully saturated rings. The maximum absolute atomic E-state index is 5.61. The molecule has 3 N–H and O–H groups in total. The number of hydrogen-bond donors (Lipinski definition) is 2. The molecule has 0 bridgehead atoms. The van der Waals surface area contributed by atoms with E-state index in [-0.39, 0.29) is 0 Å². The van der Waals surface area contributed by atoms with E-state index in [9.17, 15) is 0 Å². The maximum Gasteiger partial charge on any atom is 0.127 e. The van der Waals surface area contributed by atoms with Gasteiger partial charge in [0.25, 0.3) is 0 Å². The molecular formula is C9H15N3S. The molecule has 1 rings (SSSR count). The summed E-state index contributed by atoms with van der Waals surface area (Å²) in [5, 5.41) is 3.81. The van der Waals surface area contributed by atoms with Crippen molar-refractivity contribution < 1.29 is 0 Å². The van der Waals surface area contributed by atoms with Crippen LogP contribution >= 0.6 is 11.8 Å². The second-order valence-electron chi connectivity index (χ2n) is 2.90. The fourth-order valence-electron chi connectivity index (χ4n) is 0.875. The first kappa shape index (κ1) is 10.2. The van der Waals surface area contributed by atoms with Gasteiger partial charge >= 0.3 is 0 Å². The highest BCUT2D eigenvalue weighted by atomic mass is 32.2. The Bertz CT molecular complexity index is 265. The average Bonchev–Trinajstić information content (AvgIpc) is 2.14. The zero-order valence-corrected chi connectivity index (χ0v) is 8.77. The zero-order valence-electron chi connectivity index (χ0n) is 7.95. The van der Waals surface area contributed by atoms with Crippen LogP contribution in [0.2, 0.25) is 0 Å². The first-order valence-corrected chi connectivity index (χ1v) is 5.49. The Kier molecular flexibility index (Phi) is 3.89. The molecule has 0 aliphatic heterocycles. The van der Waals surface area contributed by atoms with Gasteiger partial charge < -0.3 is 11.1 Å². The van der Waals surface area contributed by atoms with Crippen LogP contribution in [0.1, 0.15) is 6.92 Å². The molecule has 1 aromatic heterocycles. The summed E-state index contributed by atoms with van der Waals surface area (Å²) in [6.07, 6.45) is 3.81. The van der Waals surface area contributed by atoms with Crippen molar-refractivity contribution in [2.45, 2.75) is 12.2 Å². The van der Waals surface area contributed by atoms with Crippen molar-refractivity contribution in [1.82, 2.24) is 4.98 Å². The Hall–Kier alpha value is -0.900. The largest absolute Gasteiger partial charge is 0.399 e. The molecule has 0 aliphatic carbocycles. The SMILES string of the molecule is CSC(C)CNc1cc(N)ccn1. The third-order valence-electron chi connectivity index (χ3n) is 1.76. The monoisotopic (exact) mass is 197 g/mol. The van der Waals surface area contributed by atoms with Crippen molar-refractivity contribution in [3.8, 4) is 0 Å². The fraction of sp³-hybridized carbons (Fsp3) is 0.444. The lowest BCUT2D eigenvalue weighted by atomic mass is 10.4. The van der Waals surface area contributed by atoms with Crippen LogP contribution in [0.4, 0.5) is 11.5 Å². The van der Waals surface area contributed by atoms with E-state index in [1.165, 1.54) is 0 Å². The zero-order chi connectivity index (χ0) is 9.68. The molecule has 0 saturated carbocycles. The summed E-state index contributed by atoms with van der Waals surface area (Å²) in [5.41, 5.74) is 6.36. The standard InChI is InChI=1S/C9H15N3S/c1-7(13-2)6-12-9-5-8(10)3-4-11-9/h3-5,7H,6H2,1-2H3,(H3,10,11,12). The van der Waals surface area contributed by atoms with Gasteiger partial charge in [0, 0.05) is 29.7 Å². The van der Waals surface area contributed by atoms with Gasteiger partial charge in [-0.2, -0.15) is 11.8 Å². The number of nitrogen functional groups attached to an aromatic ring is 1. The lowest BCUT2D eigenvalue weighted by Crippen LogP contribution is -2.13. The Morgan fingerprint density at radius 1 is 1.69 bits per heavy atom. The lowest BCUT2D eigenvalue weighted by molar-refractivity contribution is 0.992. The van der Waals surface area contributed by atoms with E-state index in [1.807, 2.05) is 17.8 Å². The molecule has 0 radical (unpaired) electrons. The van der Waals surface area contributed by atoms with E-state index in [1.54, 1.807) is 12.3 Å². The summed E-state index contributed by atoms with van der Waals surface area (Å²) in [6, 6.07) is 3.62. The molecule has 1 heterocycles. The first-order chi connectivity index (χ1) is 6.22. The van der Waals surface area contributed by atoms with Crippen LogP contribution in [-0.2, 0) is 0 Å². The molecule has 4 heteroatoms. The number of nitrogens with zero attached hydrogens (tertiary/aromatic N) is 1. The number of hydrogen-bond acceptors (Lipinski definition) is 4. The summed E-state index contributed by atoms with van der Waals surface area (Å²) in [6.45, 7) is 3.08. The maximum atomic E-state index is 5.61. The Morgan fingerprint density at radius 2 is 2.46 bits per heavy atom. The van der Waals surface area contributed by atoms with Gasteiger partial charge in [0.2, 0.25) is 0 Å². The smallest absolute Gasteiger partial charge is 0.127 e. The lowest BCUT2D eigenvalue weighted by Gasteiger charge is -2.10. The highest BCUT2D eigenvalue weighted by Crippen LogP contribution is 2.10. The molecule has 0 saturated heterocycles. The minimum absolute atomic E-state index is 0.586. The number of rotatable bonds is 4. The van der Waals surface area contributed by atoms with E-state index in [4.69, 9.17) is 5.73 Å². The minimum atomic E-state index is 0.586. The number of pyridine rings is 1. The Balaban J connectivity index is 2.45. The van der Waals surface area contributed by atoms with Crippen molar-refractivity contribution in [3.05, 3.63) is 18.3 Å². The predicted molar refractivity (Wildman–Crippen MR) is 60.1 cm³/mol. The highest BCUT2D eigenvalue weighted by molar-refractivity contribution is 7.99. The number of thioether (sulfide) groups is 1. The van der Waals surface area contributed by atoms with Gasteiger partial charge in [-0.1, -0.05) is 6.92 Å². The normalized spacial score (nSPS) is 12.5. The molecule has 72 valence electrons. The van der Waals surface area contributed by atoms with Crippen LogP contribution in [0.5, 0.6) is 0 Å². The molecular weight excluding hydrogens is 182 g/mol. The van der Waals surface area contributed by atoms with Crippen molar-refractivity contribution in [1.29, 1.82) is 0 Å². The number of nitrogens with one attached hydrogen (secondary N) is 1. The summed E-state index contributed by atoms with van der Waals surface area (Å²) >= 11 is 1.83. The van der Waals surface area contributed by atoms with Crippen molar-refractivity contribution in [2.24, 2.45) is 0 Å². The second-order valence-corrected chi connectivity index (χ2v) is 4.18. The van der Waals surface area contributed by atoms with E-state index in [0.717, 1.165) is 18.1 Å². The van der Waals surface area contributed by atoms with E-state index < -0.39 is 0 Å². The first-order valence-electron chi connectivity index (χ1n) is 4.20. The van der Waals surface area contributed by atoms with Crippen molar-refractivity contribution in [2.75, 3.05) is 23.9 Å². The number of nitrogens with two attached hydrogens (primary N) is 1. The molecule has 1 atom stereocenters. The summed E-state index contributed by atoms with van der Waals surface area (Å²) < 4.78 is 0. The molecule has 3 nitrogen and oxygen atoms in total. The molecule has 0 amide bonds. The fourth-order valence-corrected chi connectivity index (χ4v) is 1.13. The third-order valence-corrected chi connectivity index (χ3v) is 2.73. The van der Waals surface area contributed by atoms with Crippen LogP contribution in [-0.4, -0.2) is 23.0 Å². The topological polar surface area (TPSA) is 50.9 Å². The van der Waals surface area contributed by atoms with Crippen LogP contribution in [0, 0.1) is 0 Å². The van der Waals surface area contributed by atoms with Gasteiger partial charge in [0.05, 0.1) is 0 Å². The third kappa shape index (κ3) is 3.55. The van der Waals surface area contributed by atoms with Crippen LogP contribution in [0.3, 0.4) is 0 Å². The molecule has 1 aromatic rings. The summed E-state index contributed by atoms with van der Waals surface area (Å²) in [4.78, 5) is 4.15. The minimum Gasteiger partial charge on any atom is -0.399 e. The van der Waals surface area contributed by atoms with Gasteiger partial charge in [0.15, 0.2) is 0 Å². The van der Waals surface area contributed by atoms with E-state index in [0.29, 0.717) is 5.25 Å². The molecule has 0 aromatic carbocycles. The Labute approximate surface area is 83.1 Å². The van der Waals surface area contributed by atoms with Crippen molar-refractivity contribution in [3.63, 3.8) is 0 Å². The van der Waals surface area contributed by atoms with Gasteiger partial charge in [-0.15, -0.1) is 0 Å². The molecule has 0 spiro atoms. The van der Waals surface area contributed by atoms with E-state index >= 15 is 0 Å². The highest BCUT2D eigenvalue weighted by Gasteiger charge is 1.99. The molecule has 0 aliphatic rings. The van der Waals surface area contributed by atoms with Crippen LogP contribution in [0.15, 0.2) is 18.3 Å². The van der Waals surface area contributed by atoms with Gasteiger partial charge in [-0.25, -0.2) is 4.98 Å². The van der Waals surface area contributed by atoms with Gasteiger partial charge in [0.1, 0.15) is 5.82 Å².